The van der Waals surface area contributed by atoms with E-state index < -0.39 is 5.63 Å². The maximum absolute atomic E-state index is 12.5. The van der Waals surface area contributed by atoms with Crippen molar-refractivity contribution in [2.24, 2.45) is 0 Å². The molecule has 0 saturated heterocycles. The largest absolute Gasteiger partial charge is 0.489 e. The van der Waals surface area contributed by atoms with Gasteiger partial charge in [0.25, 0.3) is 0 Å². The van der Waals surface area contributed by atoms with Gasteiger partial charge in [-0.25, -0.2) is 4.79 Å². The van der Waals surface area contributed by atoms with Gasteiger partial charge < -0.3 is 18.9 Å². The molecule has 3 rings (SSSR count). The normalized spacial score (nSPS) is 12.0. The summed E-state index contributed by atoms with van der Waals surface area (Å²) in [5.74, 6) is 1.43. The summed E-state index contributed by atoms with van der Waals surface area (Å²) in [4.78, 5) is 24.9. The van der Waals surface area contributed by atoms with Gasteiger partial charge in [-0.3, -0.25) is 4.79 Å². The average molecular weight is 424 g/mol. The molecule has 1 aromatic carbocycles. The van der Waals surface area contributed by atoms with Gasteiger partial charge in [0.15, 0.2) is 0 Å². The molecule has 2 aromatic heterocycles. The summed E-state index contributed by atoms with van der Waals surface area (Å²) in [5.41, 5.74) is 2.32. The van der Waals surface area contributed by atoms with Gasteiger partial charge in [0, 0.05) is 35.9 Å². The van der Waals surface area contributed by atoms with Gasteiger partial charge in [-0.2, -0.15) is 0 Å². The molecule has 0 spiro atoms. The zero-order valence-electron chi connectivity index (χ0n) is 18.3. The molecule has 1 amide bonds. The molecule has 3 aromatic rings. The Labute approximate surface area is 181 Å². The maximum atomic E-state index is 12.5. The van der Waals surface area contributed by atoms with Crippen molar-refractivity contribution >= 4 is 16.9 Å². The van der Waals surface area contributed by atoms with Crippen molar-refractivity contribution in [2.75, 3.05) is 6.61 Å². The highest BCUT2D eigenvalue weighted by Crippen LogP contribution is 2.25. The summed E-state index contributed by atoms with van der Waals surface area (Å²) >= 11 is 0. The predicted octanol–water partition coefficient (Wildman–Crippen LogP) is 4.72. The van der Waals surface area contributed by atoms with Crippen molar-refractivity contribution in [1.82, 2.24) is 5.32 Å². The Balaban J connectivity index is 1.61. The van der Waals surface area contributed by atoms with E-state index in [1.807, 2.05) is 45.0 Å². The topological polar surface area (TPSA) is 81.7 Å². The van der Waals surface area contributed by atoms with E-state index in [1.54, 1.807) is 12.3 Å². The van der Waals surface area contributed by atoms with Crippen LogP contribution in [0.2, 0.25) is 0 Å². The van der Waals surface area contributed by atoms with Crippen LogP contribution >= 0.6 is 0 Å². The number of carbonyl (C=O) groups excluding carboxylic acids is 1. The van der Waals surface area contributed by atoms with Crippen LogP contribution < -0.4 is 15.7 Å². The van der Waals surface area contributed by atoms with Crippen LogP contribution in [0.1, 0.15) is 43.6 Å². The Bertz CT molecular complexity index is 1110. The molecule has 0 fully saturated rings. The fourth-order valence-corrected chi connectivity index (χ4v) is 3.43. The summed E-state index contributed by atoms with van der Waals surface area (Å²) in [7, 11) is 0. The number of carbonyl (C=O) groups is 1. The standard InChI is InChI=1S/C25H29NO5/c1-16(2)15-30-20-9-10-21-18(4)22(25(28)31-23(21)14-20)11-12-24(27)26-17(3)7-8-19-6-5-13-29-19/h5-6,9-10,13-14,17H,1,7-8,11-12,15H2,2-4H3,(H,26,27)/t17-/m1/s1. The predicted molar refractivity (Wildman–Crippen MR) is 120 cm³/mol. The zero-order chi connectivity index (χ0) is 22.4. The van der Waals surface area contributed by atoms with Crippen LogP contribution in [0, 0.1) is 6.92 Å². The lowest BCUT2D eigenvalue weighted by molar-refractivity contribution is -0.121. The summed E-state index contributed by atoms with van der Waals surface area (Å²) in [6.45, 7) is 9.94. The number of hydrogen-bond acceptors (Lipinski definition) is 5. The number of fused-ring (bicyclic) bond motifs is 1. The van der Waals surface area contributed by atoms with Crippen molar-refractivity contribution in [1.29, 1.82) is 0 Å². The Morgan fingerprint density at radius 3 is 2.77 bits per heavy atom. The first kappa shape index (κ1) is 22.4. The van der Waals surface area contributed by atoms with Gasteiger partial charge in [-0.05, 0) is 69.0 Å². The van der Waals surface area contributed by atoms with Crippen LogP contribution in [0.3, 0.4) is 0 Å². The van der Waals surface area contributed by atoms with Crippen LogP contribution in [0.15, 0.2) is 62.4 Å². The first-order valence-corrected chi connectivity index (χ1v) is 10.5. The number of benzene rings is 1. The Kier molecular flexibility index (Phi) is 7.34. The van der Waals surface area contributed by atoms with Crippen LogP contribution in [0.5, 0.6) is 5.75 Å². The summed E-state index contributed by atoms with van der Waals surface area (Å²) in [6.07, 6.45) is 3.74. The highest BCUT2D eigenvalue weighted by Gasteiger charge is 2.15. The first-order chi connectivity index (χ1) is 14.8. The van der Waals surface area contributed by atoms with E-state index in [1.165, 1.54) is 0 Å². The van der Waals surface area contributed by atoms with Crippen LogP contribution in [0.4, 0.5) is 0 Å². The third kappa shape index (κ3) is 6.10. The molecular formula is C25H29NO5. The summed E-state index contributed by atoms with van der Waals surface area (Å²) < 4.78 is 16.5. The molecule has 0 unspecified atom stereocenters. The van der Waals surface area contributed by atoms with Gasteiger partial charge >= 0.3 is 5.63 Å². The Hall–Kier alpha value is -3.28. The molecule has 0 bridgehead atoms. The lowest BCUT2D eigenvalue weighted by atomic mass is 10.0. The fourth-order valence-electron chi connectivity index (χ4n) is 3.43. The van der Waals surface area contributed by atoms with E-state index >= 15 is 0 Å². The second-order valence-electron chi connectivity index (χ2n) is 7.98. The van der Waals surface area contributed by atoms with Gasteiger partial charge in [-0.15, -0.1) is 0 Å². The molecule has 164 valence electrons. The van der Waals surface area contributed by atoms with Gasteiger partial charge in [0.1, 0.15) is 23.7 Å². The number of furan rings is 1. The van der Waals surface area contributed by atoms with Crippen molar-refractivity contribution in [3.05, 3.63) is 76.1 Å². The number of amides is 1. The molecule has 0 radical (unpaired) electrons. The quantitative estimate of drug-likeness (QED) is 0.377. The monoisotopic (exact) mass is 423 g/mol. The van der Waals surface area contributed by atoms with Gasteiger partial charge in [0.2, 0.25) is 5.91 Å². The zero-order valence-corrected chi connectivity index (χ0v) is 18.3. The molecule has 0 aliphatic heterocycles. The van der Waals surface area contributed by atoms with Gasteiger partial charge in [-0.1, -0.05) is 6.58 Å². The SMILES string of the molecule is C=C(C)COc1ccc2c(C)c(CCC(=O)N[C@H](C)CCc3ccco3)c(=O)oc2c1. The van der Waals surface area contributed by atoms with Crippen LogP contribution in [-0.2, 0) is 17.6 Å². The molecule has 0 saturated carbocycles. The summed E-state index contributed by atoms with van der Waals surface area (Å²) in [5, 5.41) is 3.82. The van der Waals surface area contributed by atoms with E-state index in [4.69, 9.17) is 13.6 Å². The molecule has 0 aliphatic rings. The van der Waals surface area contributed by atoms with Crippen molar-refractivity contribution in [3.8, 4) is 5.75 Å². The molecular weight excluding hydrogens is 394 g/mol. The average Bonchev–Trinajstić information content (AvgIpc) is 3.24. The fraction of sp³-hybridized carbons (Fsp3) is 0.360. The molecule has 2 heterocycles. The van der Waals surface area contributed by atoms with Crippen molar-refractivity contribution in [3.63, 3.8) is 0 Å². The molecule has 6 heteroatoms. The number of aryl methyl sites for hydroxylation is 2. The van der Waals surface area contributed by atoms with Crippen LogP contribution in [0.25, 0.3) is 11.0 Å². The third-order valence-corrected chi connectivity index (χ3v) is 5.16. The van der Waals surface area contributed by atoms with E-state index in [-0.39, 0.29) is 18.4 Å². The van der Waals surface area contributed by atoms with Gasteiger partial charge in [0.05, 0.1) is 6.26 Å². The Morgan fingerprint density at radius 2 is 2.06 bits per heavy atom. The van der Waals surface area contributed by atoms with E-state index in [0.717, 1.165) is 35.1 Å². The maximum Gasteiger partial charge on any atom is 0.339 e. The second kappa shape index (κ2) is 10.2. The molecule has 1 atom stereocenters. The molecule has 1 N–H and O–H groups in total. The highest BCUT2D eigenvalue weighted by molar-refractivity contribution is 5.82. The number of rotatable bonds is 10. The number of ether oxygens (including phenoxy) is 1. The smallest absolute Gasteiger partial charge is 0.339 e. The minimum Gasteiger partial charge on any atom is -0.489 e. The highest BCUT2D eigenvalue weighted by atomic mass is 16.5. The third-order valence-electron chi connectivity index (χ3n) is 5.16. The van der Waals surface area contributed by atoms with Crippen LogP contribution in [-0.4, -0.2) is 18.6 Å². The van der Waals surface area contributed by atoms with E-state index in [2.05, 4.69) is 11.9 Å². The lowest BCUT2D eigenvalue weighted by Crippen LogP contribution is -2.33. The number of nitrogens with one attached hydrogen (secondary N) is 1. The van der Waals surface area contributed by atoms with Crippen molar-refractivity contribution in [2.45, 2.75) is 52.5 Å². The molecule has 6 nitrogen and oxygen atoms in total. The molecule has 0 aliphatic carbocycles. The Morgan fingerprint density at radius 1 is 1.26 bits per heavy atom. The minimum atomic E-state index is -0.416. The molecule has 31 heavy (non-hydrogen) atoms. The first-order valence-electron chi connectivity index (χ1n) is 10.5. The number of hydrogen-bond donors (Lipinski definition) is 1. The van der Waals surface area contributed by atoms with Crippen molar-refractivity contribution < 1.29 is 18.4 Å². The summed E-state index contributed by atoms with van der Waals surface area (Å²) in [6, 6.07) is 9.23. The van der Waals surface area contributed by atoms with E-state index in [0.29, 0.717) is 29.9 Å². The minimum absolute atomic E-state index is 0.0179. The second-order valence-corrected chi connectivity index (χ2v) is 7.98. The lowest BCUT2D eigenvalue weighted by Gasteiger charge is -2.14. The van der Waals surface area contributed by atoms with E-state index in [9.17, 15) is 9.59 Å².